The highest BCUT2D eigenvalue weighted by molar-refractivity contribution is 5.55. The maximum atomic E-state index is 9.39. The van der Waals surface area contributed by atoms with E-state index in [4.69, 9.17) is 24.8 Å². The summed E-state index contributed by atoms with van der Waals surface area (Å²) in [7, 11) is 0. The van der Waals surface area contributed by atoms with Gasteiger partial charge in [0, 0.05) is 0 Å². The Labute approximate surface area is 122 Å². The Hall–Kier alpha value is -1.35. The van der Waals surface area contributed by atoms with Crippen molar-refractivity contribution in [1.29, 1.82) is 0 Å². The molecule has 1 aromatic carbocycles. The van der Waals surface area contributed by atoms with Crippen molar-refractivity contribution in [3.05, 3.63) is 35.4 Å². The Kier molecular flexibility index (Phi) is 8.06. The molecule has 0 aliphatic carbocycles. The maximum absolute atomic E-state index is 9.39. The second-order valence-corrected chi connectivity index (χ2v) is 4.40. The minimum atomic E-state index is -1.19. The zero-order chi connectivity index (χ0) is 15.7. The number of hydrogen-bond acceptors (Lipinski definition) is 7. The normalized spacial score (nSPS) is 17.7. The van der Waals surface area contributed by atoms with Gasteiger partial charge in [0.05, 0.1) is 26.4 Å². The molecule has 0 saturated heterocycles. The first-order valence-electron chi connectivity index (χ1n) is 6.45. The van der Waals surface area contributed by atoms with Crippen molar-refractivity contribution in [3.63, 3.8) is 0 Å². The standard InChI is InChI=1S/C11H14O4.C3H6O3/c12-5-10(13)11-14-6-8-3-1-2-4-9(8)7-15-11;4-1-3(6)2-5/h1-4,10-13H,5-7H2;1,3,5-6H,2H2. The molecule has 0 fully saturated rings. The van der Waals surface area contributed by atoms with Crippen LogP contribution < -0.4 is 0 Å². The van der Waals surface area contributed by atoms with Crippen molar-refractivity contribution in [1.82, 2.24) is 0 Å². The highest BCUT2D eigenvalue weighted by Crippen LogP contribution is 2.19. The molecule has 118 valence electrons. The summed E-state index contributed by atoms with van der Waals surface area (Å²) < 4.78 is 10.7. The van der Waals surface area contributed by atoms with Crippen molar-refractivity contribution in [3.8, 4) is 0 Å². The van der Waals surface area contributed by atoms with Gasteiger partial charge in [-0.15, -0.1) is 0 Å². The van der Waals surface area contributed by atoms with Gasteiger partial charge in [0.15, 0.2) is 12.6 Å². The molecule has 7 nitrogen and oxygen atoms in total. The third kappa shape index (κ3) is 5.88. The molecule has 2 atom stereocenters. The molecule has 1 aromatic rings. The molecule has 0 saturated carbocycles. The summed E-state index contributed by atoms with van der Waals surface area (Å²) in [5, 5.41) is 34.1. The highest BCUT2D eigenvalue weighted by Gasteiger charge is 2.23. The van der Waals surface area contributed by atoms with Crippen LogP contribution in [0.3, 0.4) is 0 Å². The Morgan fingerprint density at radius 1 is 1.10 bits per heavy atom. The summed E-state index contributed by atoms with van der Waals surface area (Å²) in [5.74, 6) is 0. The molecule has 2 rings (SSSR count). The predicted molar refractivity (Wildman–Crippen MR) is 72.1 cm³/mol. The van der Waals surface area contributed by atoms with Crippen molar-refractivity contribution in [2.75, 3.05) is 13.2 Å². The van der Waals surface area contributed by atoms with Crippen molar-refractivity contribution >= 4 is 6.29 Å². The molecule has 0 amide bonds. The van der Waals surface area contributed by atoms with Crippen LogP contribution in [0.15, 0.2) is 24.3 Å². The minimum Gasteiger partial charge on any atom is -0.393 e. The molecule has 0 aromatic heterocycles. The third-order valence-electron chi connectivity index (χ3n) is 2.77. The van der Waals surface area contributed by atoms with Gasteiger partial charge in [-0.1, -0.05) is 24.3 Å². The average Bonchev–Trinajstić information content (AvgIpc) is 2.76. The van der Waals surface area contributed by atoms with Gasteiger partial charge in [-0.2, -0.15) is 0 Å². The molecule has 0 spiro atoms. The van der Waals surface area contributed by atoms with Crippen LogP contribution in [0.1, 0.15) is 11.1 Å². The molecule has 0 radical (unpaired) electrons. The number of benzene rings is 1. The first-order chi connectivity index (χ1) is 10.1. The zero-order valence-corrected chi connectivity index (χ0v) is 11.5. The summed E-state index contributed by atoms with van der Waals surface area (Å²) in [6, 6.07) is 7.80. The number of aliphatic hydroxyl groups is 4. The van der Waals surface area contributed by atoms with Crippen LogP contribution in [0.4, 0.5) is 0 Å². The number of aldehydes is 1. The first-order valence-corrected chi connectivity index (χ1v) is 6.45. The van der Waals surface area contributed by atoms with Crippen LogP contribution in [0.25, 0.3) is 0 Å². The van der Waals surface area contributed by atoms with Crippen LogP contribution in [0, 0.1) is 0 Å². The summed E-state index contributed by atoms with van der Waals surface area (Å²) in [5.41, 5.74) is 2.12. The van der Waals surface area contributed by atoms with E-state index in [-0.39, 0.29) is 12.9 Å². The molecule has 0 bridgehead atoms. The number of hydrogen-bond donors (Lipinski definition) is 4. The summed E-state index contributed by atoms with van der Waals surface area (Å²) in [4.78, 5) is 9.33. The van der Waals surface area contributed by atoms with Crippen LogP contribution >= 0.6 is 0 Å². The number of carbonyl (C=O) groups is 1. The number of carbonyl (C=O) groups excluding carboxylic acids is 1. The second kappa shape index (κ2) is 9.56. The molecule has 21 heavy (non-hydrogen) atoms. The van der Waals surface area contributed by atoms with E-state index in [0.717, 1.165) is 11.1 Å². The zero-order valence-electron chi connectivity index (χ0n) is 11.5. The van der Waals surface area contributed by atoms with Crippen LogP contribution in [-0.2, 0) is 27.5 Å². The molecule has 2 unspecified atom stereocenters. The monoisotopic (exact) mass is 300 g/mol. The predicted octanol–water partition coefficient (Wildman–Crippen LogP) is -1.05. The SMILES string of the molecule is O=CC(O)CO.OCC(O)C1OCc2ccccc2CO1. The lowest BCUT2D eigenvalue weighted by atomic mass is 10.1. The molecule has 1 aliphatic heterocycles. The van der Waals surface area contributed by atoms with Gasteiger partial charge in [-0.3, -0.25) is 0 Å². The second-order valence-electron chi connectivity index (χ2n) is 4.40. The largest absolute Gasteiger partial charge is 0.393 e. The van der Waals surface area contributed by atoms with E-state index in [1.807, 2.05) is 24.3 Å². The van der Waals surface area contributed by atoms with E-state index in [9.17, 15) is 9.90 Å². The lowest BCUT2D eigenvalue weighted by molar-refractivity contribution is -0.206. The van der Waals surface area contributed by atoms with Gasteiger partial charge in [0.1, 0.15) is 12.2 Å². The van der Waals surface area contributed by atoms with E-state index in [0.29, 0.717) is 13.2 Å². The Morgan fingerprint density at radius 2 is 1.62 bits per heavy atom. The molecule has 1 heterocycles. The lowest BCUT2D eigenvalue weighted by Gasteiger charge is -2.19. The fourth-order valence-corrected chi connectivity index (χ4v) is 1.58. The van der Waals surface area contributed by atoms with E-state index < -0.39 is 25.1 Å². The Balaban J connectivity index is 0.000000315. The Morgan fingerprint density at radius 3 is 1.95 bits per heavy atom. The first kappa shape index (κ1) is 17.7. The third-order valence-corrected chi connectivity index (χ3v) is 2.77. The molecule has 7 heteroatoms. The maximum Gasteiger partial charge on any atom is 0.186 e. The van der Waals surface area contributed by atoms with Crippen LogP contribution in [-0.4, -0.2) is 58.4 Å². The summed E-state index contributed by atoms with van der Waals surface area (Å²) in [6.45, 7) is -0.0414. The van der Waals surface area contributed by atoms with Gasteiger partial charge in [0.25, 0.3) is 0 Å². The van der Waals surface area contributed by atoms with E-state index >= 15 is 0 Å². The van der Waals surface area contributed by atoms with E-state index in [2.05, 4.69) is 0 Å². The molecule has 4 N–H and O–H groups in total. The highest BCUT2D eigenvalue weighted by atomic mass is 16.7. The molecule has 1 aliphatic rings. The van der Waals surface area contributed by atoms with Gasteiger partial charge in [0.2, 0.25) is 0 Å². The van der Waals surface area contributed by atoms with Crippen molar-refractivity contribution in [2.24, 2.45) is 0 Å². The fraction of sp³-hybridized carbons (Fsp3) is 0.500. The smallest absolute Gasteiger partial charge is 0.186 e. The fourth-order valence-electron chi connectivity index (χ4n) is 1.58. The van der Waals surface area contributed by atoms with Crippen molar-refractivity contribution < 1.29 is 34.7 Å². The van der Waals surface area contributed by atoms with Crippen LogP contribution in [0.5, 0.6) is 0 Å². The van der Waals surface area contributed by atoms with Gasteiger partial charge < -0.3 is 34.7 Å². The number of rotatable bonds is 4. The van der Waals surface area contributed by atoms with E-state index in [1.165, 1.54) is 0 Å². The van der Waals surface area contributed by atoms with Crippen LogP contribution in [0.2, 0.25) is 0 Å². The van der Waals surface area contributed by atoms with E-state index in [1.54, 1.807) is 0 Å². The van der Waals surface area contributed by atoms with Gasteiger partial charge >= 0.3 is 0 Å². The summed E-state index contributed by atoms with van der Waals surface area (Å²) >= 11 is 0. The molecular formula is C14H20O7. The molecular weight excluding hydrogens is 280 g/mol. The van der Waals surface area contributed by atoms with Crippen molar-refractivity contribution in [2.45, 2.75) is 31.7 Å². The topological polar surface area (TPSA) is 116 Å². The van der Waals surface area contributed by atoms with Gasteiger partial charge in [-0.05, 0) is 11.1 Å². The lowest BCUT2D eigenvalue weighted by Crippen LogP contribution is -2.33. The number of fused-ring (bicyclic) bond motifs is 1. The van der Waals surface area contributed by atoms with Gasteiger partial charge in [-0.25, -0.2) is 0 Å². The minimum absolute atomic E-state index is 0.278. The average molecular weight is 300 g/mol. The number of aliphatic hydroxyl groups excluding tert-OH is 4. The number of ether oxygens (including phenoxy) is 2. The Bertz CT molecular complexity index is 397. The quantitative estimate of drug-likeness (QED) is 0.524. The summed E-state index contributed by atoms with van der Waals surface area (Å²) in [6.07, 6.45) is -2.65.